The predicted octanol–water partition coefficient (Wildman–Crippen LogP) is 2.29. The topological polar surface area (TPSA) is 21.6 Å². The number of hydrogen-bond acceptors (Lipinski definition) is 2. The Labute approximate surface area is 66.4 Å². The highest BCUT2D eigenvalue weighted by Gasteiger charge is 2.10. The van der Waals surface area contributed by atoms with Gasteiger partial charge in [-0.3, -0.25) is 0 Å². The Morgan fingerprint density at radius 3 is 2.82 bits per heavy atom. The van der Waals surface area contributed by atoms with Crippen LogP contribution < -0.4 is 0 Å². The molecule has 1 aliphatic carbocycles. The van der Waals surface area contributed by atoms with E-state index < -0.39 is 6.17 Å². The Balaban J connectivity index is 1.95. The molecule has 1 saturated carbocycles. The third kappa shape index (κ3) is 3.35. The molecule has 0 heterocycles. The van der Waals surface area contributed by atoms with E-state index in [0.717, 1.165) is 18.6 Å². The van der Waals surface area contributed by atoms with E-state index in [4.69, 9.17) is 4.84 Å². The summed E-state index contributed by atoms with van der Waals surface area (Å²) in [5, 5.41) is 3.85. The second kappa shape index (κ2) is 4.31. The Morgan fingerprint density at radius 2 is 2.36 bits per heavy atom. The first-order valence-corrected chi connectivity index (χ1v) is 4.11. The molecule has 1 atom stereocenters. The van der Waals surface area contributed by atoms with Gasteiger partial charge in [-0.1, -0.05) is 5.16 Å². The van der Waals surface area contributed by atoms with E-state index in [0.29, 0.717) is 13.0 Å². The van der Waals surface area contributed by atoms with Crippen LogP contribution in [0.2, 0.25) is 0 Å². The number of nitrogens with zero attached hydrogens (tertiary/aromatic N) is 1. The van der Waals surface area contributed by atoms with Crippen molar-refractivity contribution in [1.29, 1.82) is 0 Å². The lowest BCUT2D eigenvalue weighted by atomic mass is 9.98. The fraction of sp³-hybridized carbons (Fsp3) is 0.875. The minimum absolute atomic E-state index is 0.404. The van der Waals surface area contributed by atoms with E-state index in [9.17, 15) is 4.39 Å². The summed E-state index contributed by atoms with van der Waals surface area (Å²) in [6.07, 6.45) is 3.01. The molecule has 64 valence electrons. The zero-order valence-corrected chi connectivity index (χ0v) is 6.85. The Kier molecular flexibility index (Phi) is 3.33. The summed E-state index contributed by atoms with van der Waals surface area (Å²) in [6, 6.07) is 0. The summed E-state index contributed by atoms with van der Waals surface area (Å²) in [5.41, 5.74) is 1.12. The SMILES string of the molecule is CC(F)CCON=C1CCC1. The monoisotopic (exact) mass is 159 g/mol. The molecule has 0 aromatic heterocycles. The third-order valence-electron chi connectivity index (χ3n) is 1.73. The Morgan fingerprint density at radius 1 is 1.64 bits per heavy atom. The van der Waals surface area contributed by atoms with Crippen molar-refractivity contribution in [2.24, 2.45) is 5.16 Å². The number of halogens is 1. The first kappa shape index (κ1) is 8.50. The normalized spacial score (nSPS) is 18.9. The van der Waals surface area contributed by atoms with E-state index in [1.807, 2.05) is 0 Å². The lowest BCUT2D eigenvalue weighted by Gasteiger charge is -2.13. The highest BCUT2D eigenvalue weighted by atomic mass is 19.1. The molecule has 1 rings (SSSR count). The third-order valence-corrected chi connectivity index (χ3v) is 1.73. The molecule has 0 aliphatic heterocycles. The zero-order chi connectivity index (χ0) is 8.10. The maximum absolute atomic E-state index is 12.2. The van der Waals surface area contributed by atoms with Crippen molar-refractivity contribution in [2.45, 2.75) is 38.8 Å². The molecule has 0 N–H and O–H groups in total. The molecule has 0 radical (unpaired) electrons. The molecule has 0 aromatic carbocycles. The van der Waals surface area contributed by atoms with Gasteiger partial charge in [0.05, 0.1) is 5.71 Å². The van der Waals surface area contributed by atoms with E-state index >= 15 is 0 Å². The van der Waals surface area contributed by atoms with Crippen molar-refractivity contribution in [3.05, 3.63) is 0 Å². The molecular weight excluding hydrogens is 145 g/mol. The minimum Gasteiger partial charge on any atom is -0.396 e. The number of alkyl halides is 1. The number of oxime groups is 1. The molecule has 0 spiro atoms. The summed E-state index contributed by atoms with van der Waals surface area (Å²) in [6.45, 7) is 1.93. The highest BCUT2D eigenvalue weighted by Crippen LogP contribution is 2.14. The van der Waals surface area contributed by atoms with Crippen LogP contribution in [0.5, 0.6) is 0 Å². The van der Waals surface area contributed by atoms with Crippen LogP contribution in [-0.2, 0) is 4.84 Å². The van der Waals surface area contributed by atoms with Crippen LogP contribution in [0.1, 0.15) is 32.6 Å². The lowest BCUT2D eigenvalue weighted by molar-refractivity contribution is 0.120. The van der Waals surface area contributed by atoms with Crippen LogP contribution >= 0.6 is 0 Å². The van der Waals surface area contributed by atoms with Crippen LogP contribution in [0.15, 0.2) is 5.16 Å². The second-order valence-electron chi connectivity index (χ2n) is 2.91. The van der Waals surface area contributed by atoms with Crippen molar-refractivity contribution in [3.63, 3.8) is 0 Å². The maximum Gasteiger partial charge on any atom is 0.119 e. The predicted molar refractivity (Wildman–Crippen MR) is 42.4 cm³/mol. The van der Waals surface area contributed by atoms with Crippen LogP contribution in [-0.4, -0.2) is 18.5 Å². The van der Waals surface area contributed by atoms with Crippen LogP contribution in [0.3, 0.4) is 0 Å². The van der Waals surface area contributed by atoms with Crippen molar-refractivity contribution in [3.8, 4) is 0 Å². The molecule has 1 fully saturated rings. The Hall–Kier alpha value is -0.600. The fourth-order valence-corrected chi connectivity index (χ4v) is 0.778. The standard InChI is InChI=1S/C8H14FNO/c1-7(9)5-6-11-10-8-3-2-4-8/h7H,2-6H2,1H3. The van der Waals surface area contributed by atoms with E-state index in [1.54, 1.807) is 0 Å². The smallest absolute Gasteiger partial charge is 0.119 e. The van der Waals surface area contributed by atoms with E-state index in [1.165, 1.54) is 13.3 Å². The summed E-state index contributed by atoms with van der Waals surface area (Å²) in [7, 11) is 0. The minimum atomic E-state index is -0.781. The van der Waals surface area contributed by atoms with Gasteiger partial charge in [0.1, 0.15) is 12.8 Å². The van der Waals surface area contributed by atoms with Gasteiger partial charge in [-0.15, -0.1) is 0 Å². The molecule has 1 unspecified atom stereocenters. The average molecular weight is 159 g/mol. The first-order chi connectivity index (χ1) is 5.29. The molecule has 0 bridgehead atoms. The van der Waals surface area contributed by atoms with Gasteiger partial charge in [0.2, 0.25) is 0 Å². The largest absolute Gasteiger partial charge is 0.396 e. The molecule has 3 heteroatoms. The summed E-state index contributed by atoms with van der Waals surface area (Å²) in [5.74, 6) is 0. The van der Waals surface area contributed by atoms with Crippen LogP contribution in [0.25, 0.3) is 0 Å². The Bertz CT molecular complexity index is 139. The summed E-state index contributed by atoms with van der Waals surface area (Å²) in [4.78, 5) is 4.90. The van der Waals surface area contributed by atoms with Gasteiger partial charge in [-0.2, -0.15) is 0 Å². The van der Waals surface area contributed by atoms with Gasteiger partial charge in [-0.25, -0.2) is 4.39 Å². The molecule has 1 aliphatic rings. The average Bonchev–Trinajstić information content (AvgIpc) is 1.82. The van der Waals surface area contributed by atoms with Crippen molar-refractivity contribution in [1.82, 2.24) is 0 Å². The number of rotatable bonds is 4. The van der Waals surface area contributed by atoms with Crippen molar-refractivity contribution in [2.75, 3.05) is 6.61 Å². The molecule has 2 nitrogen and oxygen atoms in total. The highest BCUT2D eigenvalue weighted by molar-refractivity contribution is 5.88. The molecule has 0 saturated heterocycles. The second-order valence-corrected chi connectivity index (χ2v) is 2.91. The quantitative estimate of drug-likeness (QED) is 0.455. The van der Waals surface area contributed by atoms with Gasteiger partial charge in [-0.05, 0) is 26.2 Å². The molecular formula is C8H14FNO. The van der Waals surface area contributed by atoms with Gasteiger partial charge in [0, 0.05) is 6.42 Å². The van der Waals surface area contributed by atoms with Gasteiger partial charge in [0.15, 0.2) is 0 Å². The lowest BCUT2D eigenvalue weighted by Crippen LogP contribution is -2.10. The van der Waals surface area contributed by atoms with Crippen molar-refractivity contribution >= 4 is 5.71 Å². The van der Waals surface area contributed by atoms with Crippen LogP contribution in [0, 0.1) is 0 Å². The fourth-order valence-electron chi connectivity index (χ4n) is 0.778. The van der Waals surface area contributed by atoms with Gasteiger partial charge in [0.25, 0.3) is 0 Å². The van der Waals surface area contributed by atoms with E-state index in [-0.39, 0.29) is 0 Å². The molecule has 0 amide bonds. The molecule has 11 heavy (non-hydrogen) atoms. The summed E-state index contributed by atoms with van der Waals surface area (Å²) >= 11 is 0. The maximum atomic E-state index is 12.2. The van der Waals surface area contributed by atoms with Crippen molar-refractivity contribution < 1.29 is 9.23 Å². The van der Waals surface area contributed by atoms with Crippen LogP contribution in [0.4, 0.5) is 4.39 Å². The zero-order valence-electron chi connectivity index (χ0n) is 6.85. The number of hydrogen-bond donors (Lipinski definition) is 0. The first-order valence-electron chi connectivity index (χ1n) is 4.11. The van der Waals surface area contributed by atoms with Gasteiger partial charge < -0.3 is 4.84 Å². The summed E-state index contributed by atoms with van der Waals surface area (Å²) < 4.78 is 12.2. The van der Waals surface area contributed by atoms with Gasteiger partial charge >= 0.3 is 0 Å². The van der Waals surface area contributed by atoms with E-state index in [2.05, 4.69) is 5.16 Å². The molecule has 0 aromatic rings.